The van der Waals surface area contributed by atoms with Gasteiger partial charge in [0, 0.05) is 22.8 Å². The van der Waals surface area contributed by atoms with E-state index in [0.717, 1.165) is 15.7 Å². The monoisotopic (exact) mass is 305 g/mol. The number of halogens is 1. The molecule has 2 aromatic rings. The second-order valence-electron chi connectivity index (χ2n) is 3.97. The van der Waals surface area contributed by atoms with Gasteiger partial charge in [-0.3, -0.25) is 9.78 Å². The maximum Gasteiger partial charge on any atom is 0.311 e. The van der Waals surface area contributed by atoms with E-state index in [1.165, 1.54) is 0 Å². The van der Waals surface area contributed by atoms with Crippen molar-refractivity contribution < 1.29 is 9.90 Å². The van der Waals surface area contributed by atoms with Gasteiger partial charge in [-0.25, -0.2) is 0 Å². The molecule has 0 saturated carbocycles. The molecular weight excluding hydrogens is 294 g/mol. The Balaban J connectivity index is 2.22. The lowest BCUT2D eigenvalue weighted by Gasteiger charge is -2.12. The van der Waals surface area contributed by atoms with Crippen LogP contribution >= 0.6 is 15.9 Å². The summed E-state index contributed by atoms with van der Waals surface area (Å²) in [6, 6.07) is 12.9. The lowest BCUT2D eigenvalue weighted by atomic mass is 9.94. The minimum atomic E-state index is -0.828. The average molecular weight is 306 g/mol. The Labute approximate surface area is 114 Å². The summed E-state index contributed by atoms with van der Waals surface area (Å²) >= 11 is 3.31. The number of carboxylic acid groups (broad SMARTS) is 1. The molecule has 0 spiro atoms. The molecule has 0 aliphatic carbocycles. The van der Waals surface area contributed by atoms with E-state index in [2.05, 4.69) is 20.9 Å². The summed E-state index contributed by atoms with van der Waals surface area (Å²) in [7, 11) is 0. The summed E-state index contributed by atoms with van der Waals surface area (Å²) in [6.45, 7) is 0. The molecule has 1 unspecified atom stereocenters. The molecule has 0 saturated heterocycles. The molecule has 0 aliphatic rings. The number of hydrogen-bond acceptors (Lipinski definition) is 2. The number of aromatic nitrogens is 1. The summed E-state index contributed by atoms with van der Waals surface area (Å²) in [6.07, 6.45) is 2.08. The molecular formula is C14H12BrNO2. The first-order valence-electron chi connectivity index (χ1n) is 5.55. The second kappa shape index (κ2) is 5.78. The van der Waals surface area contributed by atoms with Crippen LogP contribution in [-0.2, 0) is 11.2 Å². The third-order valence-corrected chi connectivity index (χ3v) is 3.17. The lowest BCUT2D eigenvalue weighted by Crippen LogP contribution is -2.15. The summed E-state index contributed by atoms with van der Waals surface area (Å²) in [5, 5.41) is 9.31. The standard InChI is InChI=1S/C14H12BrNO2/c15-11-6-7-12(16-9-11)8-13(14(17)18)10-4-2-1-3-5-10/h1-7,9,13H,8H2,(H,17,18). The number of carbonyl (C=O) groups is 1. The van der Waals surface area contributed by atoms with E-state index in [1.807, 2.05) is 42.5 Å². The van der Waals surface area contributed by atoms with E-state index in [-0.39, 0.29) is 0 Å². The second-order valence-corrected chi connectivity index (χ2v) is 4.89. The summed E-state index contributed by atoms with van der Waals surface area (Å²) in [5.41, 5.74) is 1.57. The molecule has 0 bridgehead atoms. The van der Waals surface area contributed by atoms with Gasteiger partial charge in [-0.1, -0.05) is 30.3 Å². The highest BCUT2D eigenvalue weighted by Gasteiger charge is 2.20. The van der Waals surface area contributed by atoms with Gasteiger partial charge in [-0.2, -0.15) is 0 Å². The molecule has 1 aromatic heterocycles. The van der Waals surface area contributed by atoms with Crippen molar-refractivity contribution in [3.05, 3.63) is 64.4 Å². The number of carboxylic acids is 1. The molecule has 3 nitrogen and oxygen atoms in total. The minimum Gasteiger partial charge on any atom is -0.481 e. The molecule has 4 heteroatoms. The van der Waals surface area contributed by atoms with Crippen molar-refractivity contribution in [2.45, 2.75) is 12.3 Å². The van der Waals surface area contributed by atoms with Crippen molar-refractivity contribution in [2.75, 3.05) is 0 Å². The SMILES string of the molecule is O=C(O)C(Cc1ccc(Br)cn1)c1ccccc1. The normalized spacial score (nSPS) is 12.1. The Morgan fingerprint density at radius 2 is 1.94 bits per heavy atom. The zero-order valence-corrected chi connectivity index (χ0v) is 11.2. The number of aliphatic carboxylic acids is 1. The van der Waals surface area contributed by atoms with E-state index < -0.39 is 11.9 Å². The highest BCUT2D eigenvalue weighted by Crippen LogP contribution is 2.21. The van der Waals surface area contributed by atoms with Crippen molar-refractivity contribution >= 4 is 21.9 Å². The topological polar surface area (TPSA) is 50.2 Å². The fourth-order valence-corrected chi connectivity index (χ4v) is 2.00. The van der Waals surface area contributed by atoms with Gasteiger partial charge in [0.05, 0.1) is 5.92 Å². The van der Waals surface area contributed by atoms with Crippen LogP contribution in [0.4, 0.5) is 0 Å². The lowest BCUT2D eigenvalue weighted by molar-refractivity contribution is -0.138. The number of rotatable bonds is 4. The summed E-state index contributed by atoms with van der Waals surface area (Å²) in [4.78, 5) is 15.5. The fourth-order valence-electron chi connectivity index (χ4n) is 1.77. The van der Waals surface area contributed by atoms with Gasteiger partial charge in [0.15, 0.2) is 0 Å². The van der Waals surface area contributed by atoms with Crippen LogP contribution in [0, 0.1) is 0 Å². The Hall–Kier alpha value is -1.68. The van der Waals surface area contributed by atoms with Gasteiger partial charge in [-0.15, -0.1) is 0 Å². The quantitative estimate of drug-likeness (QED) is 0.943. The van der Waals surface area contributed by atoms with Crippen LogP contribution in [0.2, 0.25) is 0 Å². The Morgan fingerprint density at radius 1 is 1.22 bits per heavy atom. The molecule has 1 heterocycles. The molecule has 92 valence electrons. The molecule has 0 radical (unpaired) electrons. The van der Waals surface area contributed by atoms with Crippen LogP contribution in [0.3, 0.4) is 0 Å². The van der Waals surface area contributed by atoms with E-state index in [9.17, 15) is 9.90 Å². The fraction of sp³-hybridized carbons (Fsp3) is 0.143. The van der Waals surface area contributed by atoms with Gasteiger partial charge >= 0.3 is 5.97 Å². The van der Waals surface area contributed by atoms with Gasteiger partial charge in [0.25, 0.3) is 0 Å². The molecule has 0 aliphatic heterocycles. The predicted molar refractivity (Wildman–Crippen MR) is 72.5 cm³/mol. The Morgan fingerprint density at radius 3 is 2.50 bits per heavy atom. The molecule has 18 heavy (non-hydrogen) atoms. The first kappa shape index (κ1) is 12.8. The van der Waals surface area contributed by atoms with Crippen molar-refractivity contribution in [3.63, 3.8) is 0 Å². The van der Waals surface area contributed by atoms with Crippen LogP contribution in [0.5, 0.6) is 0 Å². The first-order valence-corrected chi connectivity index (χ1v) is 6.34. The maximum atomic E-state index is 11.3. The minimum absolute atomic E-state index is 0.395. The molecule has 1 N–H and O–H groups in total. The van der Waals surface area contributed by atoms with E-state index in [0.29, 0.717) is 6.42 Å². The van der Waals surface area contributed by atoms with E-state index >= 15 is 0 Å². The number of nitrogens with zero attached hydrogens (tertiary/aromatic N) is 1. The van der Waals surface area contributed by atoms with Crippen LogP contribution in [0.15, 0.2) is 53.1 Å². The number of hydrogen-bond donors (Lipinski definition) is 1. The van der Waals surface area contributed by atoms with E-state index in [1.54, 1.807) is 6.20 Å². The van der Waals surface area contributed by atoms with Crippen LogP contribution in [0.1, 0.15) is 17.2 Å². The highest BCUT2D eigenvalue weighted by atomic mass is 79.9. The third kappa shape index (κ3) is 3.17. The maximum absolute atomic E-state index is 11.3. The number of benzene rings is 1. The molecule has 1 atom stereocenters. The molecule has 1 aromatic carbocycles. The van der Waals surface area contributed by atoms with E-state index in [4.69, 9.17) is 0 Å². The third-order valence-electron chi connectivity index (χ3n) is 2.70. The summed E-state index contributed by atoms with van der Waals surface area (Å²) < 4.78 is 0.887. The number of pyridine rings is 1. The average Bonchev–Trinajstić information content (AvgIpc) is 2.38. The van der Waals surface area contributed by atoms with Crippen molar-refractivity contribution in [2.24, 2.45) is 0 Å². The zero-order chi connectivity index (χ0) is 13.0. The highest BCUT2D eigenvalue weighted by molar-refractivity contribution is 9.10. The first-order chi connectivity index (χ1) is 8.66. The van der Waals surface area contributed by atoms with Gasteiger partial charge in [0.1, 0.15) is 0 Å². The Bertz CT molecular complexity index is 525. The van der Waals surface area contributed by atoms with Crippen LogP contribution < -0.4 is 0 Å². The van der Waals surface area contributed by atoms with Crippen molar-refractivity contribution in [1.29, 1.82) is 0 Å². The Kier molecular flexibility index (Phi) is 4.10. The summed E-state index contributed by atoms with van der Waals surface area (Å²) in [5.74, 6) is -1.38. The van der Waals surface area contributed by atoms with Crippen LogP contribution in [-0.4, -0.2) is 16.1 Å². The predicted octanol–water partition coefficient (Wildman–Crippen LogP) is 3.26. The molecule has 2 rings (SSSR count). The van der Waals surface area contributed by atoms with Crippen molar-refractivity contribution in [3.8, 4) is 0 Å². The van der Waals surface area contributed by atoms with Gasteiger partial charge < -0.3 is 5.11 Å². The van der Waals surface area contributed by atoms with Crippen molar-refractivity contribution in [1.82, 2.24) is 4.98 Å². The van der Waals surface area contributed by atoms with Gasteiger partial charge in [0.2, 0.25) is 0 Å². The molecule has 0 amide bonds. The van der Waals surface area contributed by atoms with Gasteiger partial charge in [-0.05, 0) is 33.6 Å². The molecule has 0 fully saturated rings. The largest absolute Gasteiger partial charge is 0.481 e. The smallest absolute Gasteiger partial charge is 0.311 e. The zero-order valence-electron chi connectivity index (χ0n) is 9.58. The van der Waals surface area contributed by atoms with Crippen LogP contribution in [0.25, 0.3) is 0 Å².